The van der Waals surface area contributed by atoms with Gasteiger partial charge in [0.1, 0.15) is 0 Å². The Kier molecular flexibility index (Phi) is 3.94. The Balaban J connectivity index is 2.17. The molecule has 1 N–H and O–H groups in total. The number of nitrogens with one attached hydrogen (secondary N) is 1. The van der Waals surface area contributed by atoms with Crippen LogP contribution in [0, 0.1) is 0 Å². The van der Waals surface area contributed by atoms with Gasteiger partial charge in [-0.3, -0.25) is 0 Å². The van der Waals surface area contributed by atoms with Crippen LogP contribution in [0.5, 0.6) is 11.5 Å². The maximum atomic E-state index is 5.42. The van der Waals surface area contributed by atoms with Crippen LogP contribution in [0.25, 0.3) is 22.2 Å². The van der Waals surface area contributed by atoms with Crippen molar-refractivity contribution in [1.29, 1.82) is 0 Å². The number of ether oxygens (including phenoxy) is 2. The minimum absolute atomic E-state index is 0.726. The van der Waals surface area contributed by atoms with Crippen molar-refractivity contribution < 1.29 is 9.47 Å². The van der Waals surface area contributed by atoms with Crippen molar-refractivity contribution in [3.63, 3.8) is 0 Å². The number of fused-ring (bicyclic) bond motifs is 1. The number of thiazole rings is 1. The van der Waals surface area contributed by atoms with Gasteiger partial charge in [-0.2, -0.15) is 0 Å². The lowest BCUT2D eigenvalue weighted by Gasteiger charge is -2.08. The summed E-state index contributed by atoms with van der Waals surface area (Å²) in [6.07, 6.45) is 2.09. The molecule has 0 fully saturated rings. The van der Waals surface area contributed by atoms with E-state index < -0.39 is 0 Å². The molecule has 0 saturated heterocycles. The van der Waals surface area contributed by atoms with Crippen LogP contribution in [0.3, 0.4) is 0 Å². The number of rotatable bonds is 5. The van der Waals surface area contributed by atoms with Gasteiger partial charge in [0.25, 0.3) is 0 Å². The fourth-order valence-electron chi connectivity index (χ4n) is 2.54. The lowest BCUT2D eigenvalue weighted by molar-refractivity contribution is 0.355. The summed E-state index contributed by atoms with van der Waals surface area (Å²) in [6.45, 7) is 2.93. The molecule has 0 aliphatic heterocycles. The van der Waals surface area contributed by atoms with E-state index in [9.17, 15) is 0 Å². The average Bonchev–Trinajstić information content (AvgIpc) is 3.11. The fourth-order valence-corrected chi connectivity index (χ4v) is 3.32. The molecule has 0 radical (unpaired) electrons. The van der Waals surface area contributed by atoms with Crippen LogP contribution in [0.4, 0.5) is 5.13 Å². The molecule has 0 aliphatic rings. The molecule has 1 aromatic carbocycles. The van der Waals surface area contributed by atoms with E-state index in [1.165, 1.54) is 0 Å². The van der Waals surface area contributed by atoms with Gasteiger partial charge in [-0.25, -0.2) is 4.98 Å². The second kappa shape index (κ2) is 5.88. The molecule has 5 nitrogen and oxygen atoms in total. The summed E-state index contributed by atoms with van der Waals surface area (Å²) in [6, 6.07) is 4.00. The van der Waals surface area contributed by atoms with Gasteiger partial charge in [0, 0.05) is 42.2 Å². The maximum absolute atomic E-state index is 5.42. The zero-order valence-electron chi connectivity index (χ0n) is 13.1. The molecule has 3 aromatic rings. The molecular weight excluding hydrogens is 298 g/mol. The Bertz CT molecular complexity index is 807. The molecule has 6 heteroatoms. The van der Waals surface area contributed by atoms with E-state index in [2.05, 4.69) is 33.4 Å². The molecule has 0 unspecified atom stereocenters. The second-order valence-electron chi connectivity index (χ2n) is 4.95. The Morgan fingerprint density at radius 3 is 2.64 bits per heavy atom. The van der Waals surface area contributed by atoms with E-state index in [1.54, 1.807) is 25.6 Å². The average molecular weight is 317 g/mol. The fraction of sp³-hybridized carbons (Fsp3) is 0.312. The molecule has 0 amide bonds. The first-order valence-corrected chi connectivity index (χ1v) is 7.96. The van der Waals surface area contributed by atoms with Crippen LogP contribution >= 0.6 is 11.3 Å². The Morgan fingerprint density at radius 1 is 1.23 bits per heavy atom. The van der Waals surface area contributed by atoms with Crippen molar-refractivity contribution in [2.45, 2.75) is 6.92 Å². The first kappa shape index (κ1) is 14.7. The van der Waals surface area contributed by atoms with Crippen LogP contribution < -0.4 is 14.8 Å². The van der Waals surface area contributed by atoms with E-state index in [0.29, 0.717) is 0 Å². The predicted molar refractivity (Wildman–Crippen MR) is 91.3 cm³/mol. The number of aromatic nitrogens is 2. The minimum atomic E-state index is 0.726. The highest BCUT2D eigenvalue weighted by Gasteiger charge is 2.15. The third-order valence-corrected chi connectivity index (χ3v) is 4.40. The summed E-state index contributed by atoms with van der Waals surface area (Å²) in [4.78, 5) is 4.65. The van der Waals surface area contributed by atoms with Gasteiger partial charge < -0.3 is 19.4 Å². The van der Waals surface area contributed by atoms with Gasteiger partial charge in [-0.05, 0) is 13.0 Å². The summed E-state index contributed by atoms with van der Waals surface area (Å²) >= 11 is 1.62. The zero-order valence-corrected chi connectivity index (χ0v) is 14.0. The molecule has 0 aliphatic carbocycles. The van der Waals surface area contributed by atoms with E-state index in [-0.39, 0.29) is 0 Å². The number of benzene rings is 1. The molecule has 22 heavy (non-hydrogen) atoms. The monoisotopic (exact) mass is 317 g/mol. The zero-order chi connectivity index (χ0) is 15.7. The van der Waals surface area contributed by atoms with Gasteiger partial charge in [-0.1, -0.05) is 0 Å². The third kappa shape index (κ3) is 2.39. The van der Waals surface area contributed by atoms with Crippen molar-refractivity contribution in [3.05, 3.63) is 23.7 Å². The van der Waals surface area contributed by atoms with Crippen molar-refractivity contribution in [2.75, 3.05) is 26.1 Å². The van der Waals surface area contributed by atoms with Crippen molar-refractivity contribution in [1.82, 2.24) is 9.55 Å². The molecule has 0 bridgehead atoms. The molecule has 2 aromatic heterocycles. The molecular formula is C16H19N3O2S. The summed E-state index contributed by atoms with van der Waals surface area (Å²) in [5.74, 6) is 1.46. The van der Waals surface area contributed by atoms with Crippen LogP contribution in [0.2, 0.25) is 0 Å². The van der Waals surface area contributed by atoms with E-state index >= 15 is 0 Å². The van der Waals surface area contributed by atoms with Gasteiger partial charge >= 0.3 is 0 Å². The van der Waals surface area contributed by atoms with Gasteiger partial charge in [0.2, 0.25) is 0 Å². The number of hydrogen-bond acceptors (Lipinski definition) is 5. The lowest BCUT2D eigenvalue weighted by atomic mass is 10.1. The van der Waals surface area contributed by atoms with Gasteiger partial charge in [-0.15, -0.1) is 11.3 Å². The molecule has 3 rings (SSSR count). The highest BCUT2D eigenvalue weighted by molar-refractivity contribution is 7.14. The normalized spacial score (nSPS) is 10.9. The molecule has 116 valence electrons. The molecule has 0 atom stereocenters. The van der Waals surface area contributed by atoms with E-state index in [0.717, 1.165) is 45.3 Å². The first-order valence-electron chi connectivity index (χ1n) is 7.08. The number of nitrogens with zero attached hydrogens (tertiary/aromatic N) is 2. The molecule has 0 spiro atoms. The standard InChI is InChI=1S/C16H19N3O2S/c1-5-17-16-18-12(9-22-16)11-8-19(2)13-7-15(21-4)14(20-3)6-10(11)13/h6-9H,5H2,1-4H3,(H,17,18). The topological polar surface area (TPSA) is 48.3 Å². The van der Waals surface area contributed by atoms with Gasteiger partial charge in [0.05, 0.1) is 25.4 Å². The van der Waals surface area contributed by atoms with Crippen molar-refractivity contribution in [3.8, 4) is 22.8 Å². The van der Waals surface area contributed by atoms with Crippen LogP contribution in [0.1, 0.15) is 6.92 Å². The highest BCUT2D eigenvalue weighted by atomic mass is 32.1. The summed E-state index contributed by atoms with van der Waals surface area (Å²) in [5.41, 5.74) is 3.16. The molecule has 0 saturated carbocycles. The van der Waals surface area contributed by atoms with E-state index in [1.807, 2.05) is 19.2 Å². The predicted octanol–water partition coefficient (Wildman–Crippen LogP) is 3.75. The quantitative estimate of drug-likeness (QED) is 0.778. The minimum Gasteiger partial charge on any atom is -0.493 e. The molecule has 2 heterocycles. The van der Waals surface area contributed by atoms with Crippen LogP contribution in [0.15, 0.2) is 23.7 Å². The van der Waals surface area contributed by atoms with E-state index in [4.69, 9.17) is 9.47 Å². The van der Waals surface area contributed by atoms with Crippen molar-refractivity contribution in [2.24, 2.45) is 7.05 Å². The van der Waals surface area contributed by atoms with Crippen molar-refractivity contribution >= 4 is 27.4 Å². The Labute approximate surface area is 133 Å². The highest BCUT2D eigenvalue weighted by Crippen LogP contribution is 2.38. The summed E-state index contributed by atoms with van der Waals surface area (Å²) in [7, 11) is 5.32. The third-order valence-electron chi connectivity index (χ3n) is 3.60. The number of anilines is 1. The summed E-state index contributed by atoms with van der Waals surface area (Å²) < 4.78 is 12.9. The Morgan fingerprint density at radius 2 is 1.95 bits per heavy atom. The van der Waals surface area contributed by atoms with Crippen LogP contribution in [-0.2, 0) is 7.05 Å². The maximum Gasteiger partial charge on any atom is 0.183 e. The summed E-state index contributed by atoms with van der Waals surface area (Å²) in [5, 5.41) is 7.37. The number of methoxy groups -OCH3 is 2. The first-order chi connectivity index (χ1) is 10.7. The number of hydrogen-bond donors (Lipinski definition) is 1. The Hall–Kier alpha value is -2.21. The number of aryl methyl sites for hydroxylation is 1. The second-order valence-corrected chi connectivity index (χ2v) is 5.80. The largest absolute Gasteiger partial charge is 0.493 e. The van der Waals surface area contributed by atoms with Crippen LogP contribution in [-0.4, -0.2) is 30.3 Å². The SMILES string of the molecule is CCNc1nc(-c2cn(C)c3cc(OC)c(OC)cc23)cs1. The smallest absolute Gasteiger partial charge is 0.183 e. The van der Waals surface area contributed by atoms with Gasteiger partial charge in [0.15, 0.2) is 16.6 Å². The lowest BCUT2D eigenvalue weighted by Crippen LogP contribution is -1.94.